The van der Waals surface area contributed by atoms with Crippen molar-refractivity contribution in [2.75, 3.05) is 6.61 Å². The zero-order valence-corrected chi connectivity index (χ0v) is 8.10. The number of esters is 1. The molecule has 14 heavy (non-hydrogen) atoms. The molecule has 0 N–H and O–H groups in total. The number of hydrogen-bond acceptors (Lipinski definition) is 4. The van der Waals surface area contributed by atoms with Crippen LogP contribution in [-0.4, -0.2) is 31.4 Å². The Kier molecular flexibility index (Phi) is 3.33. The average Bonchev–Trinajstić information content (AvgIpc) is 2.90. The Labute approximate surface area is 83.3 Å². The molecule has 0 aromatic heterocycles. The van der Waals surface area contributed by atoms with E-state index in [1.165, 1.54) is 0 Å². The van der Waals surface area contributed by atoms with Gasteiger partial charge in [-0.3, -0.25) is 0 Å². The van der Waals surface area contributed by atoms with E-state index in [0.717, 1.165) is 6.11 Å². The molecule has 74 valence electrons. The fourth-order valence-electron chi connectivity index (χ4n) is 1.41. The van der Waals surface area contributed by atoms with Crippen LogP contribution in [0.4, 0.5) is 0 Å². The number of carbonyl (C=O) groups is 1. The molecule has 1 fully saturated rings. The third-order valence-corrected chi connectivity index (χ3v) is 2.26. The maximum atomic E-state index is 11.5. The quantitative estimate of drug-likeness (QED) is 0.277. The first kappa shape index (κ1) is 10.8. The Hall–Kier alpha value is -1.26. The van der Waals surface area contributed by atoms with Gasteiger partial charge in [-0.05, 0) is 0 Å². The van der Waals surface area contributed by atoms with E-state index >= 15 is 0 Å². The van der Waals surface area contributed by atoms with Crippen LogP contribution < -0.4 is 0 Å². The standard InChI is InChI=1S/C9H12BNO3/c1-3-7-5-9(7,11-6-10-13)8(12)14-4-2/h3,6-7H,1,4-5H2,2H3/b11-6+. The SMILES string of the molecule is C=CC1CC1(/N=C/B=O)C(=O)OCC. The van der Waals surface area contributed by atoms with Gasteiger partial charge in [0.1, 0.15) is 0 Å². The minimum atomic E-state index is -0.862. The Morgan fingerprint density at radius 2 is 2.57 bits per heavy atom. The number of hydrogen-bond donors (Lipinski definition) is 0. The van der Waals surface area contributed by atoms with Crippen LogP contribution in [0.25, 0.3) is 0 Å². The summed E-state index contributed by atoms with van der Waals surface area (Å²) in [5, 5.41) is 0. The van der Waals surface area contributed by atoms with Gasteiger partial charge in [0.05, 0.1) is 0 Å². The monoisotopic (exact) mass is 193 g/mol. The first-order valence-corrected chi connectivity index (χ1v) is 4.50. The number of rotatable bonds is 5. The second-order valence-corrected chi connectivity index (χ2v) is 3.11. The third kappa shape index (κ3) is 1.81. The summed E-state index contributed by atoms with van der Waals surface area (Å²) in [5.41, 5.74) is -0.862. The molecule has 0 aromatic rings. The number of ether oxygens (including phenoxy) is 1. The van der Waals surface area contributed by atoms with Gasteiger partial charge in [0.2, 0.25) is 0 Å². The van der Waals surface area contributed by atoms with Gasteiger partial charge < -0.3 is 0 Å². The number of aliphatic imine (C=N–C) groups is 1. The Balaban J connectivity index is 2.74. The Morgan fingerprint density at radius 1 is 1.86 bits per heavy atom. The first-order valence-electron chi connectivity index (χ1n) is 4.50. The number of carbonyl (C=O) groups excluding carboxylic acids is 1. The second kappa shape index (κ2) is 4.31. The van der Waals surface area contributed by atoms with E-state index in [-0.39, 0.29) is 11.9 Å². The maximum absolute atomic E-state index is 11.5. The molecule has 0 radical (unpaired) electrons. The van der Waals surface area contributed by atoms with Gasteiger partial charge in [0.15, 0.2) is 0 Å². The zero-order valence-electron chi connectivity index (χ0n) is 8.10. The van der Waals surface area contributed by atoms with E-state index in [2.05, 4.69) is 11.6 Å². The predicted octanol–water partition coefficient (Wildman–Crippen LogP) is 0.572. The molecule has 0 aliphatic heterocycles. The second-order valence-electron chi connectivity index (χ2n) is 3.11. The van der Waals surface area contributed by atoms with E-state index in [1.54, 1.807) is 13.0 Å². The molecule has 0 amide bonds. The zero-order chi connectivity index (χ0) is 10.6. The molecular formula is C9H12BNO3. The number of nitrogens with zero attached hydrogens (tertiary/aromatic N) is 1. The van der Waals surface area contributed by atoms with E-state index in [4.69, 9.17) is 4.74 Å². The summed E-state index contributed by atoms with van der Waals surface area (Å²) >= 11 is 0. The Bertz CT molecular complexity index is 290. The Morgan fingerprint density at radius 3 is 3.00 bits per heavy atom. The summed E-state index contributed by atoms with van der Waals surface area (Å²) in [6.45, 7) is 5.66. The van der Waals surface area contributed by atoms with Gasteiger partial charge in [0.25, 0.3) is 0 Å². The molecular weight excluding hydrogens is 181 g/mol. The van der Waals surface area contributed by atoms with Crippen molar-refractivity contribution in [2.24, 2.45) is 10.9 Å². The molecule has 1 aliphatic rings. The van der Waals surface area contributed by atoms with Gasteiger partial charge in [-0.2, -0.15) is 0 Å². The van der Waals surface area contributed by atoms with E-state index < -0.39 is 5.54 Å². The summed E-state index contributed by atoms with van der Waals surface area (Å²) in [6, 6.07) is 0. The van der Waals surface area contributed by atoms with Crippen molar-refractivity contribution in [1.82, 2.24) is 0 Å². The van der Waals surface area contributed by atoms with Gasteiger partial charge in [-0.25, -0.2) is 0 Å². The molecule has 5 heteroatoms. The van der Waals surface area contributed by atoms with Crippen LogP contribution in [0, 0.1) is 5.92 Å². The van der Waals surface area contributed by atoms with Crippen molar-refractivity contribution < 1.29 is 14.2 Å². The van der Waals surface area contributed by atoms with E-state index in [1.807, 2.05) is 0 Å². The molecule has 4 nitrogen and oxygen atoms in total. The van der Waals surface area contributed by atoms with Crippen molar-refractivity contribution in [1.29, 1.82) is 0 Å². The van der Waals surface area contributed by atoms with Crippen molar-refractivity contribution >= 4 is 19.2 Å². The van der Waals surface area contributed by atoms with Crippen LogP contribution in [0.3, 0.4) is 0 Å². The van der Waals surface area contributed by atoms with E-state index in [9.17, 15) is 9.50 Å². The van der Waals surface area contributed by atoms with Gasteiger partial charge in [0, 0.05) is 0 Å². The third-order valence-electron chi connectivity index (χ3n) is 2.26. The van der Waals surface area contributed by atoms with Gasteiger partial charge >= 0.3 is 82.5 Å². The molecule has 1 aliphatic carbocycles. The summed E-state index contributed by atoms with van der Waals surface area (Å²) in [6.07, 6.45) is 3.35. The van der Waals surface area contributed by atoms with Crippen LogP contribution in [0.5, 0.6) is 0 Å². The molecule has 0 spiro atoms. The average molecular weight is 193 g/mol. The predicted molar refractivity (Wildman–Crippen MR) is 52.6 cm³/mol. The fourth-order valence-corrected chi connectivity index (χ4v) is 1.41. The molecule has 2 unspecified atom stereocenters. The summed E-state index contributed by atoms with van der Waals surface area (Å²) in [7, 11) is 0.555. The summed E-state index contributed by atoms with van der Waals surface area (Å²) < 4.78 is 15.0. The first-order chi connectivity index (χ1) is 6.71. The van der Waals surface area contributed by atoms with Crippen molar-refractivity contribution in [3.63, 3.8) is 0 Å². The molecule has 1 rings (SSSR count). The van der Waals surface area contributed by atoms with Gasteiger partial charge in [-0.1, -0.05) is 0 Å². The van der Waals surface area contributed by atoms with Crippen molar-refractivity contribution in [2.45, 2.75) is 18.9 Å². The molecule has 0 heterocycles. The van der Waals surface area contributed by atoms with Crippen LogP contribution in [0.15, 0.2) is 17.6 Å². The molecule has 0 aromatic carbocycles. The van der Waals surface area contributed by atoms with Crippen molar-refractivity contribution in [3.05, 3.63) is 12.7 Å². The summed E-state index contributed by atoms with van der Waals surface area (Å²) in [4.78, 5) is 15.4. The van der Waals surface area contributed by atoms with Crippen LogP contribution in [-0.2, 0) is 14.2 Å². The van der Waals surface area contributed by atoms with Gasteiger partial charge in [-0.15, -0.1) is 0 Å². The summed E-state index contributed by atoms with van der Waals surface area (Å²) in [5.74, 6) is -0.374. The fraction of sp³-hybridized carbons (Fsp3) is 0.556. The van der Waals surface area contributed by atoms with Crippen molar-refractivity contribution in [3.8, 4) is 0 Å². The molecule has 2 atom stereocenters. The molecule has 1 saturated carbocycles. The van der Waals surface area contributed by atoms with Crippen LogP contribution >= 0.6 is 0 Å². The minimum absolute atomic E-state index is 0.00208. The van der Waals surface area contributed by atoms with Crippen LogP contribution in [0.2, 0.25) is 0 Å². The normalized spacial score (nSPS) is 29.6. The van der Waals surface area contributed by atoms with E-state index in [0.29, 0.717) is 20.2 Å². The molecule has 0 saturated heterocycles. The topological polar surface area (TPSA) is 55.7 Å². The molecule has 0 bridgehead atoms. The van der Waals surface area contributed by atoms with Crippen LogP contribution in [0.1, 0.15) is 13.3 Å².